The van der Waals surface area contributed by atoms with Crippen molar-refractivity contribution in [2.24, 2.45) is 0 Å². The molecule has 0 aliphatic heterocycles. The van der Waals surface area contributed by atoms with Crippen molar-refractivity contribution in [1.82, 2.24) is 0 Å². The van der Waals surface area contributed by atoms with Crippen LogP contribution in [-0.4, -0.2) is 23.6 Å². The van der Waals surface area contributed by atoms with Crippen LogP contribution in [0.25, 0.3) is 0 Å². The molecule has 0 atom stereocenters. The minimum atomic E-state index is 0. The van der Waals surface area contributed by atoms with Gasteiger partial charge in [-0.2, -0.15) is 0 Å². The number of hydrogen-bond acceptors (Lipinski definition) is 0. The van der Waals surface area contributed by atoms with Crippen LogP contribution in [0.1, 0.15) is 0 Å². The number of hydrogen-bond donors (Lipinski definition) is 0. The van der Waals surface area contributed by atoms with Crippen LogP contribution in [0.2, 0.25) is 11.6 Å². The zero-order valence-electron chi connectivity index (χ0n) is 3.15. The monoisotopic (exact) mass is 68.0 g/mol. The lowest BCUT2D eigenvalue weighted by atomic mass is 10.8. The van der Waals surface area contributed by atoms with Gasteiger partial charge < -0.3 is 0 Å². The van der Waals surface area contributed by atoms with Gasteiger partial charge in [-0.05, 0) is 0 Å². The lowest BCUT2D eigenvalue weighted by Crippen LogP contribution is -1.53. The Balaban J connectivity index is 0. The molecule has 0 aromatic heterocycles. The molecule has 0 aliphatic carbocycles. The molecule has 0 fully saturated rings. The third-order valence-electron chi connectivity index (χ3n) is 0. The summed E-state index contributed by atoms with van der Waals surface area (Å²) in [5.74, 6) is 4.42. The predicted octanol–water partition coefficient (Wildman–Crippen LogP) is 0.406. The zero-order chi connectivity index (χ0) is 2.71. The molecule has 0 rings (SSSR count). The van der Waals surface area contributed by atoms with Crippen LogP contribution in [0.5, 0.6) is 0 Å². The average Bonchev–Trinajstić information content (AvgIpc) is 0.918. The van der Waals surface area contributed by atoms with Crippen LogP contribution in [0.15, 0.2) is 0 Å². The molecule has 20 valence electrons. The molecule has 0 heterocycles. The highest BCUT2D eigenvalue weighted by Gasteiger charge is 1.46. The van der Waals surface area contributed by atoms with E-state index in [-0.39, 0.29) is 8.41 Å². The molecule has 0 amide bonds. The molecule has 0 bridgehead atoms. The molecule has 0 spiro atoms. The summed E-state index contributed by atoms with van der Waals surface area (Å²) in [6, 6.07) is 0. The standard InChI is InChI=1S/2CH3.Al.B/h2*1H3;;. The molecule has 0 aliphatic rings. The van der Waals surface area contributed by atoms with E-state index < -0.39 is 0 Å². The molecule has 0 aromatic rings. The van der Waals surface area contributed by atoms with Gasteiger partial charge in [0.15, 0.2) is 15.2 Å². The molecule has 0 unspecified atom stereocenters. The summed E-state index contributed by atoms with van der Waals surface area (Å²) < 4.78 is 0. The van der Waals surface area contributed by atoms with Crippen molar-refractivity contribution in [3.8, 4) is 0 Å². The second kappa shape index (κ2) is 9.51. The normalized spacial score (nSPS) is 3.50. The molecule has 0 aromatic carbocycles. The Bertz CT molecular complexity index is 6.00. The van der Waals surface area contributed by atoms with Gasteiger partial charge in [-0.1, -0.05) is 0 Å². The Morgan fingerprint density at radius 2 is 1.25 bits per heavy atom. The SMILES string of the molecule is [B].[CH3][Al][CH3]. The molecular formula is C2H6AlB. The van der Waals surface area contributed by atoms with Crippen molar-refractivity contribution in [2.45, 2.75) is 11.6 Å². The maximum absolute atomic E-state index is 2.21. The van der Waals surface area contributed by atoms with E-state index in [0.29, 0.717) is 0 Å². The van der Waals surface area contributed by atoms with Crippen molar-refractivity contribution < 1.29 is 0 Å². The molecule has 2 heteroatoms. The summed E-state index contributed by atoms with van der Waals surface area (Å²) in [6.07, 6.45) is 0. The first-order valence-electron chi connectivity index (χ1n) is 1.15. The second-order valence-corrected chi connectivity index (χ2v) is 1.73. The smallest absolute Gasteiger partial charge is 0.115 e. The van der Waals surface area contributed by atoms with Gasteiger partial charge in [-0.15, -0.1) is 11.6 Å². The van der Waals surface area contributed by atoms with Crippen LogP contribution < -0.4 is 0 Å². The Morgan fingerprint density at radius 3 is 1.25 bits per heavy atom. The van der Waals surface area contributed by atoms with Crippen molar-refractivity contribution in [3.05, 3.63) is 0 Å². The highest BCUT2D eigenvalue weighted by molar-refractivity contribution is 6.31. The second-order valence-electron chi connectivity index (χ2n) is 0.577. The molecule has 0 saturated carbocycles. The lowest BCUT2D eigenvalue weighted by molar-refractivity contribution is 2.14. The minimum absolute atomic E-state index is 0. The molecule has 0 saturated heterocycles. The maximum atomic E-state index is 2.21. The van der Waals surface area contributed by atoms with Gasteiger partial charge in [-0.25, -0.2) is 0 Å². The van der Waals surface area contributed by atoms with E-state index in [2.05, 4.69) is 11.6 Å². The fourth-order valence-electron chi connectivity index (χ4n) is 0. The predicted molar refractivity (Wildman–Crippen MR) is 23.2 cm³/mol. The van der Waals surface area contributed by atoms with Gasteiger partial charge in [0.2, 0.25) is 0 Å². The van der Waals surface area contributed by atoms with E-state index in [0.717, 1.165) is 15.2 Å². The van der Waals surface area contributed by atoms with E-state index in [1.807, 2.05) is 0 Å². The molecule has 4 radical (unpaired) electrons. The van der Waals surface area contributed by atoms with E-state index in [1.54, 1.807) is 0 Å². The third-order valence-corrected chi connectivity index (χ3v) is 0. The van der Waals surface area contributed by atoms with Gasteiger partial charge in [-0.3, -0.25) is 0 Å². The molecular weight excluding hydrogens is 61.8 g/mol. The first-order chi connectivity index (χ1) is 1.41. The van der Waals surface area contributed by atoms with Crippen LogP contribution in [0.4, 0.5) is 0 Å². The topological polar surface area (TPSA) is 0 Å². The Labute approximate surface area is 35.9 Å². The summed E-state index contributed by atoms with van der Waals surface area (Å²) >= 11 is 0.750. The molecule has 4 heavy (non-hydrogen) atoms. The van der Waals surface area contributed by atoms with Crippen molar-refractivity contribution in [2.75, 3.05) is 0 Å². The summed E-state index contributed by atoms with van der Waals surface area (Å²) in [5.41, 5.74) is 0. The molecule has 0 N–H and O–H groups in total. The van der Waals surface area contributed by atoms with E-state index in [4.69, 9.17) is 0 Å². The fourth-order valence-corrected chi connectivity index (χ4v) is 0. The summed E-state index contributed by atoms with van der Waals surface area (Å²) in [7, 11) is 0. The van der Waals surface area contributed by atoms with Crippen LogP contribution in [0, 0.1) is 0 Å². The van der Waals surface area contributed by atoms with Crippen LogP contribution in [-0.2, 0) is 0 Å². The zero-order valence-corrected chi connectivity index (χ0v) is 4.31. The number of rotatable bonds is 0. The highest BCUT2D eigenvalue weighted by Crippen LogP contribution is 1.36. The van der Waals surface area contributed by atoms with Gasteiger partial charge in [0.05, 0.1) is 0 Å². The Kier molecular flexibility index (Phi) is 21.0. The van der Waals surface area contributed by atoms with Crippen molar-refractivity contribution >= 4 is 23.6 Å². The third kappa shape index (κ3) is 18.6. The van der Waals surface area contributed by atoms with Gasteiger partial charge >= 0.3 is 0 Å². The first kappa shape index (κ1) is 8.82. The largest absolute Gasteiger partial charge is 0.191 e. The fraction of sp³-hybridized carbons (Fsp3) is 1.00. The van der Waals surface area contributed by atoms with Crippen LogP contribution in [0.3, 0.4) is 0 Å². The maximum Gasteiger partial charge on any atom is 0.191 e. The van der Waals surface area contributed by atoms with E-state index >= 15 is 0 Å². The van der Waals surface area contributed by atoms with Gasteiger partial charge in [0.25, 0.3) is 0 Å². The summed E-state index contributed by atoms with van der Waals surface area (Å²) in [6.45, 7) is 0. The quantitative estimate of drug-likeness (QED) is 0.360. The lowest BCUT2D eigenvalue weighted by Gasteiger charge is -1.38. The first-order valence-corrected chi connectivity index (χ1v) is 3.46. The summed E-state index contributed by atoms with van der Waals surface area (Å²) in [4.78, 5) is 0. The minimum Gasteiger partial charge on any atom is -0.115 e. The van der Waals surface area contributed by atoms with Crippen molar-refractivity contribution in [3.63, 3.8) is 0 Å². The molecule has 0 nitrogen and oxygen atoms in total. The van der Waals surface area contributed by atoms with Crippen molar-refractivity contribution in [1.29, 1.82) is 0 Å². The van der Waals surface area contributed by atoms with Gasteiger partial charge in [0.1, 0.15) is 0 Å². The van der Waals surface area contributed by atoms with E-state index in [1.165, 1.54) is 0 Å². The highest BCUT2D eigenvalue weighted by atomic mass is 27.1. The Hall–Kier alpha value is 0.597. The summed E-state index contributed by atoms with van der Waals surface area (Å²) in [5, 5.41) is 0. The average molecular weight is 67.9 g/mol. The van der Waals surface area contributed by atoms with E-state index in [9.17, 15) is 0 Å². The van der Waals surface area contributed by atoms with Gasteiger partial charge in [0, 0.05) is 8.41 Å². The Morgan fingerprint density at radius 1 is 1.25 bits per heavy atom. The van der Waals surface area contributed by atoms with Crippen LogP contribution >= 0.6 is 0 Å².